The third kappa shape index (κ3) is 2.26. The van der Waals surface area contributed by atoms with Gasteiger partial charge in [-0.3, -0.25) is 0 Å². The third-order valence-corrected chi connectivity index (χ3v) is 1.07. The van der Waals surface area contributed by atoms with Crippen LogP contribution in [-0.4, -0.2) is 17.2 Å². The summed E-state index contributed by atoms with van der Waals surface area (Å²) in [5.74, 6) is -2.04. The lowest BCUT2D eigenvalue weighted by atomic mass is 10.1. The normalized spacial score (nSPS) is 16.2. The Morgan fingerprint density at radius 2 is 2.33 bits per heavy atom. The van der Waals surface area contributed by atoms with Crippen molar-refractivity contribution >= 4 is 5.97 Å². The van der Waals surface area contributed by atoms with Crippen LogP contribution in [0.15, 0.2) is 12.7 Å². The number of halogens is 1. The highest BCUT2D eigenvalue weighted by molar-refractivity contribution is 5.72. The lowest BCUT2D eigenvalue weighted by molar-refractivity contribution is -0.143. The molecule has 0 aromatic rings. The number of carboxylic acid groups (broad SMARTS) is 1. The van der Waals surface area contributed by atoms with Crippen LogP contribution in [0, 0.1) is 5.92 Å². The van der Waals surface area contributed by atoms with Crippen molar-refractivity contribution in [3.05, 3.63) is 12.7 Å². The molecule has 0 aromatic heterocycles. The topological polar surface area (TPSA) is 37.3 Å². The van der Waals surface area contributed by atoms with Crippen LogP contribution in [-0.2, 0) is 4.79 Å². The van der Waals surface area contributed by atoms with Crippen LogP contribution in [0.3, 0.4) is 0 Å². The second kappa shape index (κ2) is 3.22. The standard InChI is InChI=1S/C6H9FO2/c1-3-4(2)5(7)6(8)9/h3-5H,1H2,2H3,(H,8,9)/t4-,5-/m1/s1. The number of aliphatic carboxylic acids is 1. The Kier molecular flexibility index (Phi) is 2.91. The summed E-state index contributed by atoms with van der Waals surface area (Å²) < 4.78 is 12.2. The van der Waals surface area contributed by atoms with Gasteiger partial charge in [-0.15, -0.1) is 6.58 Å². The Balaban J connectivity index is 3.86. The van der Waals surface area contributed by atoms with Crippen molar-refractivity contribution in [3.8, 4) is 0 Å². The van der Waals surface area contributed by atoms with Crippen molar-refractivity contribution in [2.75, 3.05) is 0 Å². The Hall–Kier alpha value is -0.860. The quantitative estimate of drug-likeness (QED) is 0.586. The zero-order valence-electron chi connectivity index (χ0n) is 5.17. The molecule has 9 heavy (non-hydrogen) atoms. The average molecular weight is 132 g/mol. The molecule has 0 aliphatic carbocycles. The van der Waals surface area contributed by atoms with Gasteiger partial charge in [0.25, 0.3) is 0 Å². The molecule has 0 heterocycles. The van der Waals surface area contributed by atoms with Gasteiger partial charge >= 0.3 is 5.97 Å². The van der Waals surface area contributed by atoms with Gasteiger partial charge in [0.2, 0.25) is 6.17 Å². The second-order valence-corrected chi connectivity index (χ2v) is 1.83. The van der Waals surface area contributed by atoms with Crippen LogP contribution in [0.4, 0.5) is 4.39 Å². The molecule has 0 amide bonds. The number of carboxylic acids is 1. The van der Waals surface area contributed by atoms with E-state index in [9.17, 15) is 9.18 Å². The van der Waals surface area contributed by atoms with Crippen LogP contribution in [0.2, 0.25) is 0 Å². The Labute approximate surface area is 53.0 Å². The van der Waals surface area contributed by atoms with Gasteiger partial charge in [0.05, 0.1) is 0 Å². The maximum atomic E-state index is 12.2. The molecule has 0 aromatic carbocycles. The molecule has 0 aliphatic rings. The zero-order valence-corrected chi connectivity index (χ0v) is 5.17. The molecule has 2 nitrogen and oxygen atoms in total. The van der Waals surface area contributed by atoms with Crippen molar-refractivity contribution in [1.29, 1.82) is 0 Å². The smallest absolute Gasteiger partial charge is 0.338 e. The summed E-state index contributed by atoms with van der Waals surface area (Å²) in [4.78, 5) is 9.88. The van der Waals surface area contributed by atoms with Crippen molar-refractivity contribution < 1.29 is 14.3 Å². The highest BCUT2D eigenvalue weighted by atomic mass is 19.1. The molecule has 0 unspecified atom stereocenters. The van der Waals surface area contributed by atoms with Gasteiger partial charge in [0, 0.05) is 5.92 Å². The van der Waals surface area contributed by atoms with Gasteiger partial charge < -0.3 is 5.11 Å². The number of hydrogen-bond donors (Lipinski definition) is 1. The summed E-state index contributed by atoms with van der Waals surface area (Å²) in [6.45, 7) is 4.72. The molecule has 0 bridgehead atoms. The van der Waals surface area contributed by atoms with E-state index in [1.807, 2.05) is 0 Å². The lowest BCUT2D eigenvalue weighted by Crippen LogP contribution is -2.20. The van der Waals surface area contributed by atoms with Crippen LogP contribution in [0.1, 0.15) is 6.92 Å². The first-order chi connectivity index (χ1) is 4.09. The zero-order chi connectivity index (χ0) is 7.44. The number of alkyl halides is 1. The van der Waals surface area contributed by atoms with E-state index in [4.69, 9.17) is 5.11 Å². The molecule has 0 saturated heterocycles. The van der Waals surface area contributed by atoms with Crippen molar-refractivity contribution in [1.82, 2.24) is 0 Å². The Morgan fingerprint density at radius 1 is 1.89 bits per heavy atom. The fraction of sp³-hybridized carbons (Fsp3) is 0.500. The monoisotopic (exact) mass is 132 g/mol. The molecular formula is C6H9FO2. The van der Waals surface area contributed by atoms with E-state index in [2.05, 4.69) is 6.58 Å². The molecule has 0 radical (unpaired) electrons. The molecule has 0 spiro atoms. The minimum atomic E-state index is -1.82. The number of allylic oxidation sites excluding steroid dienone is 1. The van der Waals surface area contributed by atoms with Gasteiger partial charge in [-0.25, -0.2) is 9.18 Å². The van der Waals surface area contributed by atoms with Crippen molar-refractivity contribution in [2.24, 2.45) is 5.92 Å². The molecule has 0 fully saturated rings. The molecule has 52 valence electrons. The van der Waals surface area contributed by atoms with Crippen LogP contribution in [0.25, 0.3) is 0 Å². The van der Waals surface area contributed by atoms with E-state index in [1.54, 1.807) is 0 Å². The predicted octanol–water partition coefficient (Wildman–Crippen LogP) is 1.23. The average Bonchev–Trinajstić information content (AvgIpc) is 1.84. The number of hydrogen-bond acceptors (Lipinski definition) is 1. The highest BCUT2D eigenvalue weighted by Gasteiger charge is 2.20. The fourth-order valence-electron chi connectivity index (χ4n) is 0.344. The summed E-state index contributed by atoms with van der Waals surface area (Å²) in [5.41, 5.74) is 0. The van der Waals surface area contributed by atoms with E-state index < -0.39 is 18.1 Å². The Morgan fingerprint density at radius 3 is 2.44 bits per heavy atom. The van der Waals surface area contributed by atoms with E-state index in [1.165, 1.54) is 13.0 Å². The lowest BCUT2D eigenvalue weighted by Gasteiger charge is -2.05. The second-order valence-electron chi connectivity index (χ2n) is 1.83. The molecule has 2 atom stereocenters. The summed E-state index contributed by atoms with van der Waals surface area (Å²) in [5, 5.41) is 8.06. The first-order valence-corrected chi connectivity index (χ1v) is 2.59. The van der Waals surface area contributed by atoms with E-state index in [-0.39, 0.29) is 0 Å². The Bertz CT molecular complexity index is 122. The van der Waals surface area contributed by atoms with Gasteiger partial charge in [-0.05, 0) is 0 Å². The van der Waals surface area contributed by atoms with E-state index in [0.29, 0.717) is 0 Å². The van der Waals surface area contributed by atoms with Gasteiger partial charge in [-0.2, -0.15) is 0 Å². The SMILES string of the molecule is C=C[C@@H](C)[C@@H](F)C(=O)O. The van der Waals surface area contributed by atoms with E-state index >= 15 is 0 Å². The minimum absolute atomic E-state index is 0.609. The summed E-state index contributed by atoms with van der Waals surface area (Å²) in [7, 11) is 0. The predicted molar refractivity (Wildman–Crippen MR) is 31.9 cm³/mol. The molecular weight excluding hydrogens is 123 g/mol. The molecule has 0 aliphatic heterocycles. The molecule has 3 heteroatoms. The van der Waals surface area contributed by atoms with Crippen LogP contribution < -0.4 is 0 Å². The van der Waals surface area contributed by atoms with Gasteiger partial charge in [-0.1, -0.05) is 13.0 Å². The van der Waals surface area contributed by atoms with E-state index in [0.717, 1.165) is 0 Å². The number of rotatable bonds is 3. The maximum Gasteiger partial charge on any atom is 0.338 e. The van der Waals surface area contributed by atoms with Crippen molar-refractivity contribution in [3.63, 3.8) is 0 Å². The largest absolute Gasteiger partial charge is 0.479 e. The highest BCUT2D eigenvalue weighted by Crippen LogP contribution is 2.07. The minimum Gasteiger partial charge on any atom is -0.479 e. The fourth-order valence-corrected chi connectivity index (χ4v) is 0.344. The summed E-state index contributed by atoms with van der Waals surface area (Å²) in [6.07, 6.45) is -0.541. The van der Waals surface area contributed by atoms with Crippen LogP contribution in [0.5, 0.6) is 0 Å². The number of carbonyl (C=O) groups is 1. The first kappa shape index (κ1) is 8.14. The van der Waals surface area contributed by atoms with Crippen LogP contribution >= 0.6 is 0 Å². The summed E-state index contributed by atoms with van der Waals surface area (Å²) >= 11 is 0. The first-order valence-electron chi connectivity index (χ1n) is 2.59. The third-order valence-electron chi connectivity index (χ3n) is 1.07. The molecule has 1 N–H and O–H groups in total. The molecule has 0 rings (SSSR count). The summed E-state index contributed by atoms with van der Waals surface area (Å²) in [6, 6.07) is 0. The van der Waals surface area contributed by atoms with Gasteiger partial charge in [0.1, 0.15) is 0 Å². The van der Waals surface area contributed by atoms with Gasteiger partial charge in [0.15, 0.2) is 0 Å². The maximum absolute atomic E-state index is 12.2. The molecule has 0 saturated carbocycles. The van der Waals surface area contributed by atoms with Crippen molar-refractivity contribution in [2.45, 2.75) is 13.1 Å².